The van der Waals surface area contributed by atoms with Gasteiger partial charge in [-0.3, -0.25) is 14.5 Å². The van der Waals surface area contributed by atoms with Gasteiger partial charge in [0.1, 0.15) is 17.6 Å². The van der Waals surface area contributed by atoms with E-state index in [-0.39, 0.29) is 11.3 Å². The monoisotopic (exact) mass is 419 g/mol. The molecule has 0 aliphatic carbocycles. The van der Waals surface area contributed by atoms with Crippen molar-refractivity contribution < 1.29 is 19.4 Å². The number of ether oxygens (including phenoxy) is 1. The molecule has 2 heterocycles. The van der Waals surface area contributed by atoms with Crippen molar-refractivity contribution in [3.05, 3.63) is 87.1 Å². The Labute approximate surface area is 178 Å². The quantitative estimate of drug-likeness (QED) is 0.367. The molecule has 0 saturated carbocycles. The molecule has 6 heteroatoms. The Bertz CT molecular complexity index is 1140. The van der Waals surface area contributed by atoms with Gasteiger partial charge in [0.25, 0.3) is 11.7 Å². The van der Waals surface area contributed by atoms with Crippen LogP contribution in [0.15, 0.2) is 65.6 Å². The lowest BCUT2D eigenvalue weighted by Gasteiger charge is -2.25. The van der Waals surface area contributed by atoms with Crippen LogP contribution in [-0.2, 0) is 9.59 Å². The van der Waals surface area contributed by atoms with Gasteiger partial charge in [-0.05, 0) is 55.1 Å². The molecule has 2 aromatic carbocycles. The number of nitrogens with zero attached hydrogens (tertiary/aromatic N) is 1. The van der Waals surface area contributed by atoms with Gasteiger partial charge < -0.3 is 9.84 Å². The molecule has 152 valence electrons. The van der Waals surface area contributed by atoms with Crippen LogP contribution in [0.1, 0.15) is 27.6 Å². The number of hydrogen-bond acceptors (Lipinski definition) is 5. The molecule has 1 fully saturated rings. The molecule has 4 rings (SSSR count). The second-order valence-corrected chi connectivity index (χ2v) is 8.15. The molecule has 1 aromatic heterocycles. The first-order valence-corrected chi connectivity index (χ1v) is 10.4. The highest BCUT2D eigenvalue weighted by Crippen LogP contribution is 2.45. The Morgan fingerprint density at radius 3 is 2.23 bits per heavy atom. The number of Topliss-reactive ketones (excluding diaryl/α,β-unsaturated/α-hetero) is 1. The Hall–Kier alpha value is -3.38. The molecule has 1 aliphatic rings. The van der Waals surface area contributed by atoms with Crippen LogP contribution in [0.3, 0.4) is 0 Å². The van der Waals surface area contributed by atoms with Crippen molar-refractivity contribution in [2.75, 3.05) is 12.0 Å². The van der Waals surface area contributed by atoms with Crippen LogP contribution in [0.5, 0.6) is 5.75 Å². The van der Waals surface area contributed by atoms with E-state index in [4.69, 9.17) is 4.74 Å². The summed E-state index contributed by atoms with van der Waals surface area (Å²) < 4.78 is 5.21. The van der Waals surface area contributed by atoms with Crippen molar-refractivity contribution in [1.82, 2.24) is 0 Å². The maximum Gasteiger partial charge on any atom is 0.300 e. The third-order valence-corrected chi connectivity index (χ3v) is 6.34. The number of thiophene rings is 1. The van der Waals surface area contributed by atoms with Gasteiger partial charge in [0.2, 0.25) is 0 Å². The summed E-state index contributed by atoms with van der Waals surface area (Å²) >= 11 is 1.46. The van der Waals surface area contributed by atoms with E-state index in [1.54, 1.807) is 43.5 Å². The predicted molar refractivity (Wildman–Crippen MR) is 118 cm³/mol. The normalized spacial score (nSPS) is 18.1. The first-order valence-electron chi connectivity index (χ1n) is 9.48. The molecular weight excluding hydrogens is 398 g/mol. The van der Waals surface area contributed by atoms with Crippen LogP contribution < -0.4 is 9.64 Å². The van der Waals surface area contributed by atoms with Crippen molar-refractivity contribution >= 4 is 34.5 Å². The third-order valence-electron chi connectivity index (χ3n) is 5.27. The average molecular weight is 420 g/mol. The maximum absolute atomic E-state index is 13.1. The zero-order chi connectivity index (χ0) is 21.4. The fourth-order valence-corrected chi connectivity index (χ4v) is 4.65. The number of benzene rings is 2. The summed E-state index contributed by atoms with van der Waals surface area (Å²) in [5.41, 5.74) is 3.17. The second-order valence-electron chi connectivity index (χ2n) is 7.20. The maximum atomic E-state index is 13.1. The largest absolute Gasteiger partial charge is 0.507 e. The molecule has 0 radical (unpaired) electrons. The van der Waals surface area contributed by atoms with Crippen LogP contribution >= 0.6 is 11.3 Å². The number of rotatable bonds is 4. The van der Waals surface area contributed by atoms with Crippen LogP contribution in [0.4, 0.5) is 5.69 Å². The Kier molecular flexibility index (Phi) is 5.18. The molecule has 30 heavy (non-hydrogen) atoms. The number of anilines is 1. The molecule has 1 unspecified atom stereocenters. The predicted octanol–water partition coefficient (Wildman–Crippen LogP) is 5.00. The molecule has 1 aliphatic heterocycles. The second kappa shape index (κ2) is 7.80. The Morgan fingerprint density at radius 2 is 1.67 bits per heavy atom. The number of hydrogen-bond donors (Lipinski definition) is 1. The minimum absolute atomic E-state index is 0.102. The smallest absolute Gasteiger partial charge is 0.300 e. The summed E-state index contributed by atoms with van der Waals surface area (Å²) in [6.45, 7) is 3.88. The van der Waals surface area contributed by atoms with Crippen LogP contribution in [0.25, 0.3) is 5.76 Å². The number of amides is 1. The molecule has 0 spiro atoms. The summed E-state index contributed by atoms with van der Waals surface area (Å²) in [5, 5.41) is 13.0. The number of aryl methyl sites for hydroxylation is 2. The molecule has 1 saturated heterocycles. The first kappa shape index (κ1) is 19.9. The minimum atomic E-state index is -0.695. The standard InChI is InChI=1S/C24H21NO4S/c1-14-4-6-16(7-5-14)21(26)19-20(23-15(2)12-13-30-23)25(24(28)22(19)27)17-8-10-18(29-3)11-9-17/h4-13,20,26H,1-3H3/b21-19-. The summed E-state index contributed by atoms with van der Waals surface area (Å²) in [5.74, 6) is -0.866. The van der Waals surface area contributed by atoms with Gasteiger partial charge in [-0.2, -0.15) is 0 Å². The van der Waals surface area contributed by atoms with Gasteiger partial charge in [0.15, 0.2) is 0 Å². The van der Waals surface area contributed by atoms with Gasteiger partial charge in [-0.1, -0.05) is 29.8 Å². The van der Waals surface area contributed by atoms with Crippen molar-refractivity contribution in [2.24, 2.45) is 0 Å². The van der Waals surface area contributed by atoms with E-state index in [0.29, 0.717) is 17.0 Å². The number of carbonyl (C=O) groups is 2. The van der Waals surface area contributed by atoms with Crippen molar-refractivity contribution in [3.63, 3.8) is 0 Å². The van der Waals surface area contributed by atoms with E-state index < -0.39 is 17.7 Å². The van der Waals surface area contributed by atoms with E-state index >= 15 is 0 Å². The van der Waals surface area contributed by atoms with Crippen molar-refractivity contribution in [1.29, 1.82) is 0 Å². The lowest BCUT2D eigenvalue weighted by molar-refractivity contribution is -0.132. The van der Waals surface area contributed by atoms with Crippen LogP contribution in [0, 0.1) is 13.8 Å². The summed E-state index contributed by atoms with van der Waals surface area (Å²) in [7, 11) is 1.57. The van der Waals surface area contributed by atoms with E-state index in [1.807, 2.05) is 37.4 Å². The van der Waals surface area contributed by atoms with Crippen LogP contribution in [0.2, 0.25) is 0 Å². The topological polar surface area (TPSA) is 66.8 Å². The fraction of sp³-hybridized carbons (Fsp3) is 0.167. The summed E-state index contributed by atoms with van der Waals surface area (Å²) in [6.07, 6.45) is 0. The van der Waals surface area contributed by atoms with Crippen molar-refractivity contribution in [3.8, 4) is 5.75 Å². The lowest BCUT2D eigenvalue weighted by atomic mass is 9.98. The highest BCUT2D eigenvalue weighted by molar-refractivity contribution is 7.10. The number of aliphatic hydroxyl groups is 1. The average Bonchev–Trinajstić information content (AvgIpc) is 3.29. The van der Waals surface area contributed by atoms with E-state index in [1.165, 1.54) is 16.2 Å². The van der Waals surface area contributed by atoms with E-state index in [9.17, 15) is 14.7 Å². The molecular formula is C24H21NO4S. The molecule has 5 nitrogen and oxygen atoms in total. The molecule has 1 N–H and O–H groups in total. The molecule has 1 atom stereocenters. The fourth-order valence-electron chi connectivity index (χ4n) is 3.62. The number of aliphatic hydroxyl groups excluding tert-OH is 1. The van der Waals surface area contributed by atoms with Crippen LogP contribution in [-0.4, -0.2) is 23.9 Å². The Morgan fingerprint density at radius 1 is 1.00 bits per heavy atom. The minimum Gasteiger partial charge on any atom is -0.507 e. The molecule has 1 amide bonds. The highest BCUT2D eigenvalue weighted by Gasteiger charge is 2.47. The number of carbonyl (C=O) groups excluding carboxylic acids is 2. The number of ketones is 1. The summed E-state index contributed by atoms with van der Waals surface area (Å²) in [4.78, 5) is 28.5. The molecule has 0 bridgehead atoms. The SMILES string of the molecule is COc1ccc(N2C(=O)C(=O)/C(=C(\O)c3ccc(C)cc3)C2c2sccc2C)cc1. The zero-order valence-electron chi connectivity index (χ0n) is 16.9. The zero-order valence-corrected chi connectivity index (χ0v) is 17.7. The Balaban J connectivity index is 1.92. The van der Waals surface area contributed by atoms with E-state index in [2.05, 4.69) is 0 Å². The van der Waals surface area contributed by atoms with Crippen molar-refractivity contribution in [2.45, 2.75) is 19.9 Å². The third kappa shape index (κ3) is 3.29. The van der Waals surface area contributed by atoms with E-state index in [0.717, 1.165) is 16.0 Å². The van der Waals surface area contributed by atoms with Gasteiger partial charge in [0, 0.05) is 16.1 Å². The van der Waals surface area contributed by atoms with Gasteiger partial charge in [-0.15, -0.1) is 11.3 Å². The summed E-state index contributed by atoms with van der Waals surface area (Å²) in [6, 6.07) is 15.4. The first-order chi connectivity index (χ1) is 14.4. The highest BCUT2D eigenvalue weighted by atomic mass is 32.1. The number of methoxy groups -OCH3 is 1. The lowest BCUT2D eigenvalue weighted by Crippen LogP contribution is -2.29. The molecule has 3 aromatic rings. The van der Waals surface area contributed by atoms with Gasteiger partial charge >= 0.3 is 0 Å². The van der Waals surface area contributed by atoms with Gasteiger partial charge in [0.05, 0.1) is 12.7 Å². The van der Waals surface area contributed by atoms with Gasteiger partial charge in [-0.25, -0.2) is 0 Å².